The lowest BCUT2D eigenvalue weighted by Crippen LogP contribution is -2.15. The molecule has 1 aliphatic rings. The van der Waals surface area contributed by atoms with Crippen molar-refractivity contribution in [1.29, 1.82) is 0 Å². The molecule has 0 bridgehead atoms. The van der Waals surface area contributed by atoms with Gasteiger partial charge in [-0.2, -0.15) is 0 Å². The first-order chi connectivity index (χ1) is 8.36. The molecule has 1 aliphatic heterocycles. The van der Waals surface area contributed by atoms with Gasteiger partial charge in [-0.3, -0.25) is 0 Å². The number of rotatable bonds is 0. The molecule has 2 aromatic rings. The summed E-state index contributed by atoms with van der Waals surface area (Å²) in [5.41, 5.74) is 2.22. The number of para-hydroxylation sites is 4. The van der Waals surface area contributed by atoms with E-state index in [1.54, 1.807) is 0 Å². The molecule has 0 saturated heterocycles. The molecular weight excluding hydrogens is 210 g/mol. The fraction of sp³-hybridized carbons (Fsp3) is 0.200. The molecule has 17 heavy (non-hydrogen) atoms. The van der Waals surface area contributed by atoms with Crippen LogP contribution in [0.25, 0.3) is 0 Å². The van der Waals surface area contributed by atoms with Crippen molar-refractivity contribution in [2.45, 2.75) is 13.8 Å². The van der Waals surface area contributed by atoms with E-state index in [0.29, 0.717) is 0 Å². The molecule has 0 radical (unpaired) electrons. The zero-order chi connectivity index (χ0) is 12.3. The van der Waals surface area contributed by atoms with Crippen LogP contribution in [0.3, 0.4) is 0 Å². The van der Waals surface area contributed by atoms with Gasteiger partial charge in [0.2, 0.25) is 0 Å². The first-order valence-corrected chi connectivity index (χ1v) is 5.96. The summed E-state index contributed by atoms with van der Waals surface area (Å²) in [7, 11) is 2.06. The Morgan fingerprint density at radius 3 is 1.65 bits per heavy atom. The predicted octanol–water partition coefficient (Wildman–Crippen LogP) is 4.59. The van der Waals surface area contributed by atoms with Crippen LogP contribution in [-0.4, -0.2) is 7.05 Å². The zero-order valence-corrected chi connectivity index (χ0v) is 10.5. The van der Waals surface area contributed by atoms with Gasteiger partial charge in [-0.25, -0.2) is 0 Å². The van der Waals surface area contributed by atoms with Gasteiger partial charge in [-0.1, -0.05) is 38.1 Å². The molecule has 0 saturated carbocycles. The quantitative estimate of drug-likeness (QED) is 0.652. The normalized spacial score (nSPS) is 11.6. The molecule has 0 amide bonds. The summed E-state index contributed by atoms with van der Waals surface area (Å²) in [4.78, 5) is 2.15. The lowest BCUT2D eigenvalue weighted by molar-refractivity contribution is 0.475. The number of anilines is 2. The summed E-state index contributed by atoms with van der Waals surface area (Å²) in [5, 5.41) is 0. The van der Waals surface area contributed by atoms with E-state index in [-0.39, 0.29) is 0 Å². The third-order valence-electron chi connectivity index (χ3n) is 2.67. The highest BCUT2D eigenvalue weighted by Crippen LogP contribution is 2.44. The van der Waals surface area contributed by atoms with Crippen molar-refractivity contribution in [1.82, 2.24) is 0 Å². The smallest absolute Gasteiger partial charge is 0.151 e. The Kier molecular flexibility index (Phi) is 3.33. The van der Waals surface area contributed by atoms with Crippen molar-refractivity contribution in [3.8, 4) is 11.5 Å². The molecule has 0 fully saturated rings. The van der Waals surface area contributed by atoms with Gasteiger partial charge in [0.15, 0.2) is 11.5 Å². The molecule has 1 heterocycles. The summed E-state index contributed by atoms with van der Waals surface area (Å²) >= 11 is 0. The second-order valence-corrected chi connectivity index (χ2v) is 3.60. The third-order valence-corrected chi connectivity index (χ3v) is 2.67. The largest absolute Gasteiger partial charge is 0.453 e. The summed E-state index contributed by atoms with van der Waals surface area (Å²) < 4.78 is 5.81. The fourth-order valence-corrected chi connectivity index (χ4v) is 1.89. The molecule has 0 spiro atoms. The van der Waals surface area contributed by atoms with Crippen molar-refractivity contribution in [3.63, 3.8) is 0 Å². The summed E-state index contributed by atoms with van der Waals surface area (Å²) in [6.07, 6.45) is 0. The number of benzene rings is 2. The Morgan fingerprint density at radius 2 is 1.18 bits per heavy atom. The number of fused-ring (bicyclic) bond motifs is 2. The van der Waals surface area contributed by atoms with Gasteiger partial charge < -0.3 is 9.64 Å². The van der Waals surface area contributed by atoms with E-state index in [1.807, 2.05) is 50.2 Å². The van der Waals surface area contributed by atoms with Crippen LogP contribution in [0.4, 0.5) is 11.4 Å². The summed E-state index contributed by atoms with van der Waals surface area (Å²) in [6.45, 7) is 4.00. The van der Waals surface area contributed by atoms with Crippen LogP contribution >= 0.6 is 0 Å². The van der Waals surface area contributed by atoms with Crippen LogP contribution < -0.4 is 9.64 Å². The number of ether oxygens (including phenoxy) is 1. The minimum atomic E-state index is 0.915. The van der Waals surface area contributed by atoms with Gasteiger partial charge in [-0.05, 0) is 24.3 Å². The lowest BCUT2D eigenvalue weighted by Gasteiger charge is -2.29. The van der Waals surface area contributed by atoms with Gasteiger partial charge in [0, 0.05) is 7.05 Å². The number of nitrogens with zero attached hydrogens (tertiary/aromatic N) is 1. The number of hydrogen-bond acceptors (Lipinski definition) is 2. The topological polar surface area (TPSA) is 12.5 Å². The Hall–Kier alpha value is -1.96. The first kappa shape index (κ1) is 11.5. The maximum absolute atomic E-state index is 5.81. The molecule has 0 unspecified atom stereocenters. The standard InChI is InChI=1S/C13H11NO.C2H6/c1-14-10-6-2-4-8-12(10)15-13-9-5-3-7-11(13)14;1-2/h2-9H,1H3;1-2H3. The molecule has 0 N–H and O–H groups in total. The van der Waals surface area contributed by atoms with Crippen molar-refractivity contribution in [2.75, 3.05) is 11.9 Å². The van der Waals surface area contributed by atoms with Crippen LogP contribution in [-0.2, 0) is 0 Å². The van der Waals surface area contributed by atoms with E-state index in [4.69, 9.17) is 4.74 Å². The molecule has 3 rings (SSSR count). The molecule has 0 aromatic heterocycles. The lowest BCUT2D eigenvalue weighted by atomic mass is 10.2. The van der Waals surface area contributed by atoms with Crippen LogP contribution in [0.15, 0.2) is 48.5 Å². The molecule has 2 aromatic carbocycles. The van der Waals surface area contributed by atoms with Crippen molar-refractivity contribution >= 4 is 11.4 Å². The average Bonchev–Trinajstić information content (AvgIpc) is 2.41. The van der Waals surface area contributed by atoms with E-state index >= 15 is 0 Å². The second kappa shape index (κ2) is 4.91. The minimum absolute atomic E-state index is 0.915. The molecule has 0 atom stereocenters. The van der Waals surface area contributed by atoms with Gasteiger partial charge in [0.1, 0.15) is 0 Å². The van der Waals surface area contributed by atoms with Crippen LogP contribution in [0.1, 0.15) is 13.8 Å². The zero-order valence-electron chi connectivity index (χ0n) is 10.5. The van der Waals surface area contributed by atoms with Gasteiger partial charge in [-0.15, -0.1) is 0 Å². The molecule has 0 aliphatic carbocycles. The summed E-state index contributed by atoms with van der Waals surface area (Å²) in [6, 6.07) is 16.1. The SMILES string of the molecule is CC.CN1c2ccccc2Oc2ccccc21. The number of hydrogen-bond donors (Lipinski definition) is 0. The highest BCUT2D eigenvalue weighted by molar-refractivity contribution is 5.76. The van der Waals surface area contributed by atoms with E-state index in [0.717, 1.165) is 22.9 Å². The highest BCUT2D eigenvalue weighted by Gasteiger charge is 2.19. The van der Waals surface area contributed by atoms with E-state index < -0.39 is 0 Å². The maximum atomic E-state index is 5.81. The maximum Gasteiger partial charge on any atom is 0.151 e. The van der Waals surface area contributed by atoms with E-state index in [9.17, 15) is 0 Å². The first-order valence-electron chi connectivity index (χ1n) is 5.96. The van der Waals surface area contributed by atoms with Crippen molar-refractivity contribution in [3.05, 3.63) is 48.5 Å². The highest BCUT2D eigenvalue weighted by atomic mass is 16.5. The van der Waals surface area contributed by atoms with Crippen molar-refractivity contribution in [2.24, 2.45) is 0 Å². The molecular formula is C15H17NO. The van der Waals surface area contributed by atoms with E-state index in [2.05, 4.69) is 24.1 Å². The fourth-order valence-electron chi connectivity index (χ4n) is 1.89. The van der Waals surface area contributed by atoms with Crippen LogP contribution in [0.5, 0.6) is 11.5 Å². The third kappa shape index (κ3) is 1.98. The second-order valence-electron chi connectivity index (χ2n) is 3.60. The minimum Gasteiger partial charge on any atom is -0.453 e. The van der Waals surface area contributed by atoms with E-state index in [1.165, 1.54) is 0 Å². The van der Waals surface area contributed by atoms with Gasteiger partial charge >= 0.3 is 0 Å². The molecule has 2 nitrogen and oxygen atoms in total. The van der Waals surface area contributed by atoms with Crippen LogP contribution in [0.2, 0.25) is 0 Å². The van der Waals surface area contributed by atoms with Crippen LogP contribution in [0, 0.1) is 0 Å². The van der Waals surface area contributed by atoms with Gasteiger partial charge in [0.25, 0.3) is 0 Å². The summed E-state index contributed by atoms with van der Waals surface area (Å²) in [5.74, 6) is 1.83. The van der Waals surface area contributed by atoms with Gasteiger partial charge in [0.05, 0.1) is 11.4 Å². The Labute approximate surface area is 102 Å². The monoisotopic (exact) mass is 227 g/mol. The molecule has 88 valence electrons. The Bertz CT molecular complexity index is 462. The predicted molar refractivity (Wildman–Crippen MR) is 72.4 cm³/mol. The Balaban J connectivity index is 0.000000514. The van der Waals surface area contributed by atoms with Crippen molar-refractivity contribution < 1.29 is 4.74 Å². The molecule has 2 heteroatoms. The Morgan fingerprint density at radius 1 is 0.765 bits per heavy atom. The average molecular weight is 227 g/mol.